The molecule has 4 rings (SSSR count). The first-order valence-electron chi connectivity index (χ1n) is 9.38. The monoisotopic (exact) mass is 434 g/mol. The summed E-state index contributed by atoms with van der Waals surface area (Å²) in [5, 5.41) is 4.05. The number of benzene rings is 1. The maximum atomic E-state index is 12.5. The number of pyridine rings is 1. The Bertz CT molecular complexity index is 1250. The zero-order valence-corrected chi connectivity index (χ0v) is 17.3. The average Bonchev–Trinajstić information content (AvgIpc) is 3.14. The first-order chi connectivity index (χ1) is 13.8. The number of aryl methyl sites for hydroxylation is 2. The third-order valence-corrected chi connectivity index (χ3v) is 7.71. The molecule has 0 radical (unpaired) electrons. The fourth-order valence-electron chi connectivity index (χ4n) is 3.49. The summed E-state index contributed by atoms with van der Waals surface area (Å²) < 4.78 is 56.2. The number of fused-ring (bicyclic) bond motifs is 2. The van der Waals surface area contributed by atoms with Crippen molar-refractivity contribution in [2.45, 2.75) is 30.6 Å². The second-order valence-electron chi connectivity index (χ2n) is 7.07. The Hall–Kier alpha value is -2.43. The van der Waals surface area contributed by atoms with Crippen LogP contribution in [0, 0.1) is 0 Å². The van der Waals surface area contributed by atoms with Crippen molar-refractivity contribution >= 4 is 31.3 Å². The summed E-state index contributed by atoms with van der Waals surface area (Å²) in [6.45, 7) is -0.219. The van der Waals surface area contributed by atoms with E-state index >= 15 is 0 Å². The third kappa shape index (κ3) is 4.60. The van der Waals surface area contributed by atoms with Crippen molar-refractivity contribution in [1.29, 1.82) is 0 Å². The SMILES string of the molecule is O=S(=O)(CCNS(=O)(=O)c1ccc2c(c1)CCCC2)Nc1ccn2nccc2c1. The summed E-state index contributed by atoms with van der Waals surface area (Å²) in [5.74, 6) is -0.373. The minimum atomic E-state index is -3.76. The van der Waals surface area contributed by atoms with Crippen LogP contribution in [0.4, 0.5) is 5.69 Å². The van der Waals surface area contributed by atoms with Gasteiger partial charge in [0.15, 0.2) is 0 Å². The Morgan fingerprint density at radius 2 is 1.76 bits per heavy atom. The van der Waals surface area contributed by atoms with Crippen molar-refractivity contribution in [1.82, 2.24) is 14.3 Å². The molecule has 0 bridgehead atoms. The van der Waals surface area contributed by atoms with Gasteiger partial charge in [-0.15, -0.1) is 0 Å². The summed E-state index contributed by atoms with van der Waals surface area (Å²) in [6.07, 6.45) is 7.28. The van der Waals surface area contributed by atoms with Crippen LogP contribution in [0.2, 0.25) is 0 Å². The molecule has 0 saturated carbocycles. The Morgan fingerprint density at radius 1 is 0.966 bits per heavy atom. The van der Waals surface area contributed by atoms with E-state index in [-0.39, 0.29) is 17.2 Å². The number of nitrogens with zero attached hydrogens (tertiary/aromatic N) is 2. The molecule has 8 nitrogen and oxygen atoms in total. The molecule has 1 aliphatic carbocycles. The fraction of sp³-hybridized carbons (Fsp3) is 0.316. The van der Waals surface area contributed by atoms with Gasteiger partial charge >= 0.3 is 0 Å². The summed E-state index contributed by atoms with van der Waals surface area (Å²) in [5.41, 5.74) is 3.40. The van der Waals surface area contributed by atoms with E-state index in [0.717, 1.165) is 36.8 Å². The first-order valence-corrected chi connectivity index (χ1v) is 12.5. The summed E-state index contributed by atoms with van der Waals surface area (Å²) in [7, 11) is -7.48. The second kappa shape index (κ2) is 7.77. The number of hydrogen-bond donors (Lipinski definition) is 2. The van der Waals surface area contributed by atoms with E-state index in [1.54, 1.807) is 47.2 Å². The van der Waals surface area contributed by atoms with E-state index in [1.807, 2.05) is 6.07 Å². The smallest absolute Gasteiger partial charge is 0.240 e. The van der Waals surface area contributed by atoms with Crippen molar-refractivity contribution in [3.05, 3.63) is 59.9 Å². The number of sulfonamides is 2. The van der Waals surface area contributed by atoms with Crippen LogP contribution in [0.15, 0.2) is 53.7 Å². The lowest BCUT2D eigenvalue weighted by atomic mass is 9.92. The summed E-state index contributed by atoms with van der Waals surface area (Å²) in [4.78, 5) is 0.176. The van der Waals surface area contributed by atoms with Gasteiger partial charge in [0.1, 0.15) is 0 Å². The molecule has 0 unspecified atom stereocenters. The van der Waals surface area contributed by atoms with Crippen LogP contribution in [0.25, 0.3) is 5.52 Å². The van der Waals surface area contributed by atoms with E-state index in [2.05, 4.69) is 14.5 Å². The molecule has 2 heterocycles. The lowest BCUT2D eigenvalue weighted by molar-refractivity contribution is 0.581. The Balaban J connectivity index is 1.39. The number of anilines is 1. The minimum absolute atomic E-state index is 0.176. The summed E-state index contributed by atoms with van der Waals surface area (Å²) >= 11 is 0. The Morgan fingerprint density at radius 3 is 2.59 bits per heavy atom. The van der Waals surface area contributed by atoms with Crippen molar-refractivity contribution < 1.29 is 16.8 Å². The van der Waals surface area contributed by atoms with Crippen molar-refractivity contribution in [2.24, 2.45) is 0 Å². The van der Waals surface area contributed by atoms with E-state index in [0.29, 0.717) is 5.69 Å². The molecule has 1 aliphatic rings. The Kier molecular flexibility index (Phi) is 5.32. The van der Waals surface area contributed by atoms with E-state index < -0.39 is 20.0 Å². The van der Waals surface area contributed by atoms with Gasteiger partial charge in [-0.05, 0) is 67.1 Å². The van der Waals surface area contributed by atoms with Gasteiger partial charge in [0, 0.05) is 18.9 Å². The standard InChI is InChI=1S/C19H22N4O4S2/c24-28(25,22-17-8-11-23-18(14-17)7-9-20-23)12-10-21-29(26,27)19-6-5-15-3-1-2-4-16(15)13-19/h5-9,11,13-14,21-22H,1-4,10,12H2. The molecular weight excluding hydrogens is 412 g/mol. The molecule has 2 aromatic heterocycles. The molecular formula is C19H22N4O4S2. The Labute approximate surface area is 170 Å². The average molecular weight is 435 g/mol. The van der Waals surface area contributed by atoms with Crippen LogP contribution in [-0.2, 0) is 32.9 Å². The second-order valence-corrected chi connectivity index (χ2v) is 10.7. The van der Waals surface area contributed by atoms with Gasteiger partial charge in [0.2, 0.25) is 20.0 Å². The molecule has 3 aromatic rings. The molecule has 154 valence electrons. The van der Waals surface area contributed by atoms with Crippen LogP contribution in [0.1, 0.15) is 24.0 Å². The predicted molar refractivity (Wildman–Crippen MR) is 111 cm³/mol. The maximum Gasteiger partial charge on any atom is 0.240 e. The van der Waals surface area contributed by atoms with Gasteiger partial charge in [-0.1, -0.05) is 6.07 Å². The van der Waals surface area contributed by atoms with Crippen LogP contribution in [-0.4, -0.2) is 38.7 Å². The topological polar surface area (TPSA) is 110 Å². The molecule has 29 heavy (non-hydrogen) atoms. The molecule has 2 N–H and O–H groups in total. The molecule has 0 atom stereocenters. The lowest BCUT2D eigenvalue weighted by Crippen LogP contribution is -2.31. The van der Waals surface area contributed by atoms with E-state index in [4.69, 9.17) is 0 Å². The van der Waals surface area contributed by atoms with E-state index in [9.17, 15) is 16.8 Å². The van der Waals surface area contributed by atoms with Gasteiger partial charge in [-0.3, -0.25) is 4.72 Å². The van der Waals surface area contributed by atoms with Gasteiger partial charge in [0.05, 0.1) is 21.9 Å². The number of rotatable bonds is 7. The zero-order valence-electron chi connectivity index (χ0n) is 15.7. The van der Waals surface area contributed by atoms with Crippen LogP contribution in [0.3, 0.4) is 0 Å². The normalized spacial score (nSPS) is 14.6. The lowest BCUT2D eigenvalue weighted by Gasteiger charge is -2.17. The van der Waals surface area contributed by atoms with Crippen LogP contribution >= 0.6 is 0 Å². The first kappa shape index (κ1) is 19.9. The molecule has 0 aliphatic heterocycles. The molecule has 1 aromatic carbocycles. The molecule has 0 spiro atoms. The molecule has 10 heteroatoms. The quantitative estimate of drug-likeness (QED) is 0.591. The largest absolute Gasteiger partial charge is 0.283 e. The van der Waals surface area contributed by atoms with E-state index in [1.165, 1.54) is 5.56 Å². The van der Waals surface area contributed by atoms with Gasteiger partial charge in [-0.2, -0.15) is 5.10 Å². The zero-order chi connectivity index (χ0) is 20.5. The highest BCUT2D eigenvalue weighted by Crippen LogP contribution is 2.24. The number of hydrogen-bond acceptors (Lipinski definition) is 5. The van der Waals surface area contributed by atoms with Crippen molar-refractivity contribution in [2.75, 3.05) is 17.0 Å². The minimum Gasteiger partial charge on any atom is -0.283 e. The van der Waals surface area contributed by atoms with Crippen LogP contribution in [0.5, 0.6) is 0 Å². The number of nitrogens with one attached hydrogen (secondary N) is 2. The highest BCUT2D eigenvalue weighted by molar-refractivity contribution is 7.92. The van der Waals surface area contributed by atoms with Gasteiger partial charge in [0.25, 0.3) is 0 Å². The molecule has 0 fully saturated rings. The van der Waals surface area contributed by atoms with Gasteiger partial charge < -0.3 is 0 Å². The third-order valence-electron chi connectivity index (χ3n) is 4.97. The van der Waals surface area contributed by atoms with Crippen molar-refractivity contribution in [3.63, 3.8) is 0 Å². The predicted octanol–water partition coefficient (Wildman–Crippen LogP) is 1.93. The summed E-state index contributed by atoms with van der Waals surface area (Å²) in [6, 6.07) is 10.1. The van der Waals surface area contributed by atoms with Crippen molar-refractivity contribution in [3.8, 4) is 0 Å². The van der Waals surface area contributed by atoms with Gasteiger partial charge in [-0.25, -0.2) is 26.1 Å². The maximum absolute atomic E-state index is 12.5. The highest BCUT2D eigenvalue weighted by atomic mass is 32.2. The molecule has 0 amide bonds. The van der Waals surface area contributed by atoms with Crippen LogP contribution < -0.4 is 9.44 Å². The fourth-order valence-corrected chi connectivity index (χ4v) is 5.66. The molecule has 0 saturated heterocycles. The highest BCUT2D eigenvalue weighted by Gasteiger charge is 2.19. The number of aromatic nitrogens is 2.